The Balaban J connectivity index is 2.15. The minimum absolute atomic E-state index is 0.131. The quantitative estimate of drug-likeness (QED) is 0.848. The molecule has 0 saturated carbocycles. The number of nitrogens with one attached hydrogen (secondary N) is 1. The molecule has 1 heterocycles. The second kappa shape index (κ2) is 6.83. The summed E-state index contributed by atoms with van der Waals surface area (Å²) in [6.07, 6.45) is 0.975. The van der Waals surface area contributed by atoms with Crippen LogP contribution in [0.4, 0.5) is 0 Å². The average molecular weight is 353 g/mol. The first-order chi connectivity index (χ1) is 9.44. The second-order valence-electron chi connectivity index (χ2n) is 6.07. The van der Waals surface area contributed by atoms with Crippen LogP contribution >= 0.6 is 27.3 Å². The summed E-state index contributed by atoms with van der Waals surface area (Å²) in [7, 11) is 0. The van der Waals surface area contributed by atoms with Gasteiger partial charge in [0.2, 0.25) is 0 Å². The number of aromatic nitrogens is 1. The van der Waals surface area contributed by atoms with Crippen LogP contribution in [0.3, 0.4) is 0 Å². The number of halogens is 1. The second-order valence-corrected chi connectivity index (χ2v) is 7.70. The highest BCUT2D eigenvalue weighted by Crippen LogP contribution is 2.24. The zero-order chi connectivity index (χ0) is 14.6. The number of hydrogen-bond acceptors (Lipinski definition) is 3. The SMILES string of the molecule is CC(C)(C)NCC(Cc1cscn1)c1cccc(Br)c1. The summed E-state index contributed by atoms with van der Waals surface area (Å²) in [6, 6.07) is 8.58. The Morgan fingerprint density at radius 2 is 2.15 bits per heavy atom. The lowest BCUT2D eigenvalue weighted by Crippen LogP contribution is -2.39. The van der Waals surface area contributed by atoms with Gasteiger partial charge in [-0.05, 0) is 44.9 Å². The van der Waals surface area contributed by atoms with Gasteiger partial charge in [0.1, 0.15) is 0 Å². The molecule has 1 aromatic carbocycles. The highest BCUT2D eigenvalue weighted by molar-refractivity contribution is 9.10. The fourth-order valence-electron chi connectivity index (χ4n) is 2.09. The van der Waals surface area contributed by atoms with Gasteiger partial charge in [0.15, 0.2) is 0 Å². The predicted octanol–water partition coefficient (Wildman–Crippen LogP) is 4.62. The van der Waals surface area contributed by atoms with Gasteiger partial charge in [-0.2, -0.15) is 0 Å². The summed E-state index contributed by atoms with van der Waals surface area (Å²) in [5, 5.41) is 5.75. The Bertz CT molecular complexity index is 532. The van der Waals surface area contributed by atoms with Crippen molar-refractivity contribution in [2.45, 2.75) is 38.6 Å². The fraction of sp³-hybridized carbons (Fsp3) is 0.438. The molecule has 0 aliphatic carbocycles. The molecule has 0 amide bonds. The van der Waals surface area contributed by atoms with Crippen molar-refractivity contribution in [3.63, 3.8) is 0 Å². The van der Waals surface area contributed by atoms with Gasteiger partial charge in [-0.1, -0.05) is 28.1 Å². The lowest BCUT2D eigenvalue weighted by atomic mass is 9.93. The van der Waals surface area contributed by atoms with E-state index in [1.165, 1.54) is 11.3 Å². The van der Waals surface area contributed by atoms with Crippen LogP contribution in [-0.4, -0.2) is 17.1 Å². The Hall–Kier alpha value is -0.710. The molecule has 108 valence electrons. The highest BCUT2D eigenvalue weighted by Gasteiger charge is 2.17. The Morgan fingerprint density at radius 3 is 2.75 bits per heavy atom. The minimum Gasteiger partial charge on any atom is -0.311 e. The van der Waals surface area contributed by atoms with Crippen LogP contribution in [-0.2, 0) is 6.42 Å². The molecular weight excluding hydrogens is 332 g/mol. The molecule has 1 aromatic heterocycles. The standard InChI is InChI=1S/C16H21BrN2S/c1-16(2,3)19-9-13(8-15-10-20-11-18-15)12-5-4-6-14(17)7-12/h4-7,10-11,13,19H,8-9H2,1-3H3. The molecule has 0 radical (unpaired) electrons. The predicted molar refractivity (Wildman–Crippen MR) is 90.5 cm³/mol. The van der Waals surface area contributed by atoms with Crippen molar-refractivity contribution in [2.75, 3.05) is 6.54 Å². The number of thiazole rings is 1. The molecule has 2 rings (SSSR count). The first-order valence-electron chi connectivity index (χ1n) is 6.81. The number of nitrogens with zero attached hydrogens (tertiary/aromatic N) is 1. The van der Waals surface area contributed by atoms with Gasteiger partial charge in [0.05, 0.1) is 11.2 Å². The Labute approximate surface area is 133 Å². The van der Waals surface area contributed by atoms with E-state index in [4.69, 9.17) is 0 Å². The minimum atomic E-state index is 0.131. The van der Waals surface area contributed by atoms with E-state index in [0.29, 0.717) is 5.92 Å². The normalized spacial score (nSPS) is 13.4. The van der Waals surface area contributed by atoms with E-state index in [-0.39, 0.29) is 5.54 Å². The van der Waals surface area contributed by atoms with E-state index in [1.807, 2.05) is 5.51 Å². The lowest BCUT2D eigenvalue weighted by Gasteiger charge is -2.25. The summed E-state index contributed by atoms with van der Waals surface area (Å²) < 4.78 is 1.13. The van der Waals surface area contributed by atoms with E-state index >= 15 is 0 Å². The monoisotopic (exact) mass is 352 g/mol. The van der Waals surface area contributed by atoms with Gasteiger partial charge in [0, 0.05) is 27.9 Å². The summed E-state index contributed by atoms with van der Waals surface area (Å²) in [6.45, 7) is 7.56. The van der Waals surface area contributed by atoms with Crippen molar-refractivity contribution in [1.29, 1.82) is 0 Å². The largest absolute Gasteiger partial charge is 0.311 e. The molecule has 1 atom stereocenters. The fourth-order valence-corrected chi connectivity index (χ4v) is 3.08. The van der Waals surface area contributed by atoms with Crippen LogP contribution in [0.1, 0.15) is 37.9 Å². The first-order valence-corrected chi connectivity index (χ1v) is 8.55. The van der Waals surface area contributed by atoms with E-state index < -0.39 is 0 Å². The van der Waals surface area contributed by atoms with E-state index in [0.717, 1.165) is 17.4 Å². The number of benzene rings is 1. The molecule has 0 spiro atoms. The maximum absolute atomic E-state index is 4.43. The van der Waals surface area contributed by atoms with Gasteiger partial charge in [-0.15, -0.1) is 11.3 Å². The molecular formula is C16H21BrN2S. The average Bonchev–Trinajstić information content (AvgIpc) is 2.86. The lowest BCUT2D eigenvalue weighted by molar-refractivity contribution is 0.404. The Morgan fingerprint density at radius 1 is 1.35 bits per heavy atom. The molecule has 0 saturated heterocycles. The van der Waals surface area contributed by atoms with Crippen molar-refractivity contribution in [2.24, 2.45) is 0 Å². The molecule has 4 heteroatoms. The van der Waals surface area contributed by atoms with Gasteiger partial charge < -0.3 is 5.32 Å². The summed E-state index contributed by atoms with van der Waals surface area (Å²) in [5.41, 5.74) is 4.57. The summed E-state index contributed by atoms with van der Waals surface area (Å²) >= 11 is 5.23. The van der Waals surface area contributed by atoms with Gasteiger partial charge >= 0.3 is 0 Å². The summed E-state index contributed by atoms with van der Waals surface area (Å²) in [4.78, 5) is 4.43. The topological polar surface area (TPSA) is 24.9 Å². The van der Waals surface area contributed by atoms with Crippen LogP contribution in [0.5, 0.6) is 0 Å². The number of rotatable bonds is 5. The molecule has 2 nitrogen and oxygen atoms in total. The van der Waals surface area contributed by atoms with Gasteiger partial charge in [-0.3, -0.25) is 0 Å². The van der Waals surface area contributed by atoms with Crippen LogP contribution in [0, 0.1) is 0 Å². The van der Waals surface area contributed by atoms with E-state index in [2.05, 4.69) is 76.6 Å². The maximum atomic E-state index is 4.43. The molecule has 0 aliphatic heterocycles. The van der Waals surface area contributed by atoms with Crippen LogP contribution in [0.15, 0.2) is 39.6 Å². The van der Waals surface area contributed by atoms with Crippen LogP contribution in [0.25, 0.3) is 0 Å². The van der Waals surface area contributed by atoms with Crippen LogP contribution in [0.2, 0.25) is 0 Å². The van der Waals surface area contributed by atoms with E-state index in [1.54, 1.807) is 11.3 Å². The van der Waals surface area contributed by atoms with Crippen molar-refractivity contribution in [3.05, 3.63) is 50.9 Å². The number of hydrogen-bond donors (Lipinski definition) is 1. The Kier molecular flexibility index (Phi) is 5.35. The maximum Gasteiger partial charge on any atom is 0.0794 e. The third-order valence-corrected chi connectivity index (χ3v) is 4.27. The smallest absolute Gasteiger partial charge is 0.0794 e. The van der Waals surface area contributed by atoms with Crippen LogP contribution < -0.4 is 5.32 Å². The highest BCUT2D eigenvalue weighted by atomic mass is 79.9. The molecule has 20 heavy (non-hydrogen) atoms. The van der Waals surface area contributed by atoms with Crippen molar-refractivity contribution in [1.82, 2.24) is 10.3 Å². The zero-order valence-electron chi connectivity index (χ0n) is 12.2. The third-order valence-electron chi connectivity index (χ3n) is 3.14. The van der Waals surface area contributed by atoms with Gasteiger partial charge in [-0.25, -0.2) is 4.98 Å². The van der Waals surface area contributed by atoms with Gasteiger partial charge in [0.25, 0.3) is 0 Å². The summed E-state index contributed by atoms with van der Waals surface area (Å²) in [5.74, 6) is 0.439. The van der Waals surface area contributed by atoms with Crippen molar-refractivity contribution in [3.8, 4) is 0 Å². The molecule has 1 N–H and O–H groups in total. The van der Waals surface area contributed by atoms with Crippen molar-refractivity contribution < 1.29 is 0 Å². The van der Waals surface area contributed by atoms with Crippen molar-refractivity contribution >= 4 is 27.3 Å². The third kappa shape index (κ3) is 5.00. The molecule has 0 bridgehead atoms. The molecule has 0 fully saturated rings. The zero-order valence-corrected chi connectivity index (χ0v) is 14.6. The molecule has 2 aromatic rings. The molecule has 0 aliphatic rings. The van der Waals surface area contributed by atoms with E-state index in [9.17, 15) is 0 Å². The first kappa shape index (κ1) is 15.7. The molecule has 1 unspecified atom stereocenters.